The molecule has 1 atom stereocenters. The fourth-order valence-electron chi connectivity index (χ4n) is 1.57. The molecule has 0 aliphatic carbocycles. The maximum atomic E-state index is 5.53. The summed E-state index contributed by atoms with van der Waals surface area (Å²) < 4.78 is 0. The molecule has 0 bridgehead atoms. The van der Waals surface area contributed by atoms with Crippen molar-refractivity contribution in [1.29, 1.82) is 0 Å². The van der Waals surface area contributed by atoms with E-state index < -0.39 is 0 Å². The molecule has 0 fully saturated rings. The number of rotatable bonds is 7. The van der Waals surface area contributed by atoms with Gasteiger partial charge in [-0.05, 0) is 18.9 Å². The Labute approximate surface area is 71.4 Å². The molecule has 0 heterocycles. The Kier molecular flexibility index (Phi) is 8.03. The van der Waals surface area contributed by atoms with Gasteiger partial charge in [0.25, 0.3) is 0 Å². The fourth-order valence-corrected chi connectivity index (χ4v) is 1.57. The number of hydrogen-bond donors (Lipinski definition) is 1. The first-order valence-corrected chi connectivity index (χ1v) is 5.05. The third kappa shape index (κ3) is 6.36. The van der Waals surface area contributed by atoms with E-state index >= 15 is 0 Å². The second-order valence-electron chi connectivity index (χ2n) is 3.37. The quantitative estimate of drug-likeness (QED) is 0.604. The molecule has 0 aliphatic heterocycles. The maximum absolute atomic E-state index is 5.53. The topological polar surface area (TPSA) is 26.0 Å². The van der Waals surface area contributed by atoms with Crippen LogP contribution in [0, 0.1) is 5.92 Å². The van der Waals surface area contributed by atoms with Crippen molar-refractivity contribution in [1.82, 2.24) is 0 Å². The van der Waals surface area contributed by atoms with Crippen LogP contribution in [0.25, 0.3) is 0 Å². The van der Waals surface area contributed by atoms with Crippen molar-refractivity contribution in [3.05, 3.63) is 0 Å². The molecule has 0 aromatic rings. The Morgan fingerprint density at radius 2 is 1.73 bits per heavy atom. The van der Waals surface area contributed by atoms with Gasteiger partial charge in [0.05, 0.1) is 0 Å². The van der Waals surface area contributed by atoms with Gasteiger partial charge in [-0.15, -0.1) is 0 Å². The van der Waals surface area contributed by atoms with Crippen LogP contribution in [0.3, 0.4) is 0 Å². The first-order valence-electron chi connectivity index (χ1n) is 5.05. The summed E-state index contributed by atoms with van der Waals surface area (Å²) in [6, 6.07) is 0. The molecule has 0 saturated heterocycles. The average molecular weight is 157 g/mol. The lowest BCUT2D eigenvalue weighted by Crippen LogP contribution is -2.08. The molecule has 0 spiro atoms. The summed E-state index contributed by atoms with van der Waals surface area (Å²) in [5.41, 5.74) is 5.53. The molecule has 0 amide bonds. The lowest BCUT2D eigenvalue weighted by molar-refractivity contribution is 0.407. The van der Waals surface area contributed by atoms with E-state index in [1.54, 1.807) is 0 Å². The van der Waals surface area contributed by atoms with E-state index in [1.165, 1.54) is 38.5 Å². The fraction of sp³-hybridized carbons (Fsp3) is 1.00. The molecular formula is C10H23N. The summed E-state index contributed by atoms with van der Waals surface area (Å²) in [5.74, 6) is 0.907. The molecule has 68 valence electrons. The van der Waals surface area contributed by atoms with Crippen LogP contribution in [-0.4, -0.2) is 6.54 Å². The van der Waals surface area contributed by atoms with Crippen molar-refractivity contribution >= 4 is 0 Å². The van der Waals surface area contributed by atoms with Gasteiger partial charge in [0.15, 0.2) is 0 Å². The van der Waals surface area contributed by atoms with Gasteiger partial charge in [-0.1, -0.05) is 46.0 Å². The molecule has 11 heavy (non-hydrogen) atoms. The molecule has 0 aromatic heterocycles. The molecule has 0 aromatic carbocycles. The first-order chi connectivity index (χ1) is 5.35. The molecule has 1 nitrogen and oxygen atoms in total. The van der Waals surface area contributed by atoms with Crippen LogP contribution in [0.1, 0.15) is 52.4 Å². The van der Waals surface area contributed by atoms with E-state index in [9.17, 15) is 0 Å². The lowest BCUT2D eigenvalue weighted by Gasteiger charge is -2.13. The Morgan fingerprint density at radius 3 is 2.18 bits per heavy atom. The van der Waals surface area contributed by atoms with Gasteiger partial charge in [-0.3, -0.25) is 0 Å². The van der Waals surface area contributed by atoms with Crippen molar-refractivity contribution in [3.63, 3.8) is 0 Å². The van der Waals surface area contributed by atoms with Crippen LogP contribution in [0.4, 0.5) is 0 Å². The zero-order chi connectivity index (χ0) is 8.53. The molecular weight excluding hydrogens is 134 g/mol. The second kappa shape index (κ2) is 8.06. The summed E-state index contributed by atoms with van der Waals surface area (Å²) >= 11 is 0. The van der Waals surface area contributed by atoms with Gasteiger partial charge < -0.3 is 5.73 Å². The van der Waals surface area contributed by atoms with Crippen molar-refractivity contribution in [2.45, 2.75) is 52.4 Å². The van der Waals surface area contributed by atoms with Crippen LogP contribution in [-0.2, 0) is 0 Å². The van der Waals surface area contributed by atoms with Gasteiger partial charge in [0, 0.05) is 0 Å². The highest BCUT2D eigenvalue weighted by Crippen LogP contribution is 2.17. The zero-order valence-corrected chi connectivity index (χ0v) is 8.10. The normalized spacial score (nSPS) is 13.4. The highest BCUT2D eigenvalue weighted by atomic mass is 14.5. The van der Waals surface area contributed by atoms with Gasteiger partial charge in [-0.25, -0.2) is 0 Å². The Hall–Kier alpha value is -0.0400. The van der Waals surface area contributed by atoms with Crippen LogP contribution in [0.5, 0.6) is 0 Å². The minimum Gasteiger partial charge on any atom is -0.330 e. The second-order valence-corrected chi connectivity index (χ2v) is 3.37. The monoisotopic (exact) mass is 157 g/mol. The third-order valence-corrected chi connectivity index (χ3v) is 2.24. The maximum Gasteiger partial charge on any atom is -0.00746 e. The SMILES string of the molecule is CCCC[C@H](CCC)CCN. The van der Waals surface area contributed by atoms with Crippen LogP contribution in [0.15, 0.2) is 0 Å². The van der Waals surface area contributed by atoms with E-state index in [0.717, 1.165) is 12.5 Å². The summed E-state index contributed by atoms with van der Waals surface area (Å²) in [4.78, 5) is 0. The minimum atomic E-state index is 0.869. The minimum absolute atomic E-state index is 0.869. The predicted octanol–water partition coefficient (Wildman–Crippen LogP) is 2.94. The van der Waals surface area contributed by atoms with Gasteiger partial charge >= 0.3 is 0 Å². The third-order valence-electron chi connectivity index (χ3n) is 2.24. The number of hydrogen-bond acceptors (Lipinski definition) is 1. The van der Waals surface area contributed by atoms with E-state index in [2.05, 4.69) is 13.8 Å². The van der Waals surface area contributed by atoms with Crippen molar-refractivity contribution in [2.75, 3.05) is 6.54 Å². The number of unbranched alkanes of at least 4 members (excludes halogenated alkanes) is 1. The van der Waals surface area contributed by atoms with Gasteiger partial charge in [0.2, 0.25) is 0 Å². The Bertz CT molecular complexity index is 65.3. The Morgan fingerprint density at radius 1 is 1.00 bits per heavy atom. The molecule has 0 radical (unpaired) electrons. The highest BCUT2D eigenvalue weighted by Gasteiger charge is 2.04. The zero-order valence-electron chi connectivity index (χ0n) is 8.10. The van der Waals surface area contributed by atoms with Gasteiger partial charge in [-0.2, -0.15) is 0 Å². The first kappa shape index (κ1) is 11.0. The molecule has 0 saturated carbocycles. The standard InChI is InChI=1S/C10H23N/c1-3-5-7-10(6-4-2)8-9-11/h10H,3-9,11H2,1-2H3/t10-/m0/s1. The largest absolute Gasteiger partial charge is 0.330 e. The number of nitrogens with two attached hydrogens (primary N) is 1. The molecule has 1 heteroatoms. The lowest BCUT2D eigenvalue weighted by atomic mass is 9.94. The van der Waals surface area contributed by atoms with E-state index in [-0.39, 0.29) is 0 Å². The van der Waals surface area contributed by atoms with E-state index in [4.69, 9.17) is 5.73 Å². The molecule has 0 rings (SSSR count). The van der Waals surface area contributed by atoms with Crippen molar-refractivity contribution in [2.24, 2.45) is 11.7 Å². The Balaban J connectivity index is 3.34. The summed E-state index contributed by atoms with van der Waals surface area (Å²) in [5, 5.41) is 0. The summed E-state index contributed by atoms with van der Waals surface area (Å²) in [7, 11) is 0. The predicted molar refractivity (Wildman–Crippen MR) is 51.6 cm³/mol. The summed E-state index contributed by atoms with van der Waals surface area (Å²) in [6.45, 7) is 5.38. The van der Waals surface area contributed by atoms with E-state index in [0.29, 0.717) is 0 Å². The average Bonchev–Trinajstić information content (AvgIpc) is 2.01. The molecule has 0 aliphatic rings. The van der Waals surface area contributed by atoms with E-state index in [1.807, 2.05) is 0 Å². The van der Waals surface area contributed by atoms with Crippen molar-refractivity contribution < 1.29 is 0 Å². The van der Waals surface area contributed by atoms with Crippen molar-refractivity contribution in [3.8, 4) is 0 Å². The van der Waals surface area contributed by atoms with Crippen LogP contribution in [0.2, 0.25) is 0 Å². The summed E-state index contributed by atoms with van der Waals surface area (Å²) in [6.07, 6.45) is 8.01. The van der Waals surface area contributed by atoms with Crippen LogP contribution >= 0.6 is 0 Å². The van der Waals surface area contributed by atoms with Crippen LogP contribution < -0.4 is 5.73 Å². The van der Waals surface area contributed by atoms with Gasteiger partial charge in [0.1, 0.15) is 0 Å². The molecule has 2 N–H and O–H groups in total. The molecule has 0 unspecified atom stereocenters. The highest BCUT2D eigenvalue weighted by molar-refractivity contribution is 4.59. The smallest absolute Gasteiger partial charge is 0.00746 e.